The summed E-state index contributed by atoms with van der Waals surface area (Å²) in [6.07, 6.45) is 2.36. The number of aliphatic hydroxyl groups excluding tert-OH is 1. The smallest absolute Gasteiger partial charge is 0.0971 e. The Morgan fingerprint density at radius 2 is 1.63 bits per heavy atom. The molecule has 2 rings (SSSR count). The fourth-order valence-corrected chi connectivity index (χ4v) is 3.89. The summed E-state index contributed by atoms with van der Waals surface area (Å²) in [6.45, 7) is 7.32. The lowest BCUT2D eigenvalue weighted by Gasteiger charge is -2.38. The van der Waals surface area contributed by atoms with Crippen molar-refractivity contribution in [2.75, 3.05) is 33.9 Å². The second-order valence-electron chi connectivity index (χ2n) is 6.55. The van der Waals surface area contributed by atoms with Crippen molar-refractivity contribution in [3.63, 3.8) is 0 Å². The van der Waals surface area contributed by atoms with E-state index in [0.717, 1.165) is 26.1 Å². The number of hydrogen-bond acceptors (Lipinski definition) is 4. The predicted octanol–water partition coefficient (Wildman–Crippen LogP) is 1.38. The lowest BCUT2D eigenvalue weighted by molar-refractivity contribution is -0.00461. The van der Waals surface area contributed by atoms with Gasteiger partial charge in [0, 0.05) is 39.8 Å². The van der Waals surface area contributed by atoms with Gasteiger partial charge in [-0.3, -0.25) is 4.90 Å². The Kier molecular flexibility index (Phi) is 5.23. The molecule has 1 saturated heterocycles. The Balaban J connectivity index is 1.90. The first-order valence-electron chi connectivity index (χ1n) is 7.51. The minimum absolute atomic E-state index is 0.152. The molecule has 0 aromatic rings. The van der Waals surface area contributed by atoms with E-state index in [1.54, 1.807) is 14.2 Å². The first kappa shape index (κ1) is 15.2. The Hall–Kier alpha value is -0.160. The quantitative estimate of drug-likeness (QED) is 0.839. The molecule has 0 aromatic carbocycles. The van der Waals surface area contributed by atoms with Crippen LogP contribution in [-0.4, -0.2) is 62.2 Å². The molecule has 0 bridgehead atoms. The third kappa shape index (κ3) is 3.48. The van der Waals surface area contributed by atoms with Gasteiger partial charge in [-0.15, -0.1) is 0 Å². The summed E-state index contributed by atoms with van der Waals surface area (Å²) in [6, 6.07) is 0. The van der Waals surface area contributed by atoms with Crippen LogP contribution in [0.2, 0.25) is 0 Å². The molecule has 4 heteroatoms. The van der Waals surface area contributed by atoms with Gasteiger partial charge in [0.1, 0.15) is 0 Å². The van der Waals surface area contributed by atoms with Crippen LogP contribution >= 0.6 is 0 Å². The summed E-state index contributed by atoms with van der Waals surface area (Å²) >= 11 is 0. The number of rotatable bonds is 4. The van der Waals surface area contributed by atoms with Crippen LogP contribution in [0.4, 0.5) is 0 Å². The predicted molar refractivity (Wildman–Crippen MR) is 75.1 cm³/mol. The van der Waals surface area contributed by atoms with E-state index < -0.39 is 0 Å². The maximum absolute atomic E-state index is 10.3. The maximum Gasteiger partial charge on any atom is 0.0971 e. The summed E-state index contributed by atoms with van der Waals surface area (Å²) in [5.74, 6) is 1.64. The Morgan fingerprint density at radius 1 is 1.05 bits per heavy atom. The number of methoxy groups -OCH3 is 2. The van der Waals surface area contributed by atoms with E-state index in [1.807, 2.05) is 0 Å². The van der Waals surface area contributed by atoms with E-state index in [-0.39, 0.29) is 18.3 Å². The third-order valence-electron chi connectivity index (χ3n) is 5.01. The minimum Gasteiger partial charge on any atom is -0.393 e. The summed E-state index contributed by atoms with van der Waals surface area (Å²) in [4.78, 5) is 2.39. The van der Waals surface area contributed by atoms with Gasteiger partial charge in [-0.05, 0) is 24.7 Å². The molecule has 1 aliphatic carbocycles. The molecule has 0 radical (unpaired) electrons. The molecule has 4 nitrogen and oxygen atoms in total. The summed E-state index contributed by atoms with van der Waals surface area (Å²) in [7, 11) is 3.50. The van der Waals surface area contributed by atoms with Gasteiger partial charge in [0.05, 0.1) is 18.3 Å². The molecule has 0 spiro atoms. The van der Waals surface area contributed by atoms with Crippen molar-refractivity contribution >= 4 is 0 Å². The van der Waals surface area contributed by atoms with Crippen LogP contribution in [-0.2, 0) is 9.47 Å². The van der Waals surface area contributed by atoms with Crippen molar-refractivity contribution in [2.45, 2.75) is 45.0 Å². The lowest BCUT2D eigenvalue weighted by Crippen LogP contribution is -2.42. The molecule has 2 aliphatic rings. The molecule has 0 aromatic heterocycles. The second kappa shape index (κ2) is 6.53. The van der Waals surface area contributed by atoms with Gasteiger partial charge in [0.15, 0.2) is 0 Å². The number of nitrogens with zero attached hydrogens (tertiary/aromatic N) is 1. The second-order valence-corrected chi connectivity index (χ2v) is 6.55. The molecule has 1 saturated carbocycles. The molecule has 2 fully saturated rings. The minimum atomic E-state index is -0.152. The highest BCUT2D eigenvalue weighted by atomic mass is 16.5. The monoisotopic (exact) mass is 271 g/mol. The van der Waals surface area contributed by atoms with Gasteiger partial charge < -0.3 is 14.6 Å². The van der Waals surface area contributed by atoms with Crippen molar-refractivity contribution in [3.8, 4) is 0 Å². The fourth-order valence-electron chi connectivity index (χ4n) is 3.89. The SMILES string of the molecule is COC1CN(CC2C(C)CC(C)CC2O)CC1OC. The summed E-state index contributed by atoms with van der Waals surface area (Å²) < 4.78 is 11.0. The zero-order valence-electron chi connectivity index (χ0n) is 12.7. The highest BCUT2D eigenvalue weighted by Crippen LogP contribution is 2.35. The first-order valence-corrected chi connectivity index (χ1v) is 7.51. The molecule has 6 unspecified atom stereocenters. The van der Waals surface area contributed by atoms with Gasteiger partial charge in [0.25, 0.3) is 0 Å². The Morgan fingerprint density at radius 3 is 2.11 bits per heavy atom. The van der Waals surface area contributed by atoms with Gasteiger partial charge >= 0.3 is 0 Å². The molecule has 1 heterocycles. The van der Waals surface area contributed by atoms with E-state index in [2.05, 4.69) is 18.7 Å². The highest BCUT2D eigenvalue weighted by Gasteiger charge is 2.38. The van der Waals surface area contributed by atoms with Crippen molar-refractivity contribution in [2.24, 2.45) is 17.8 Å². The number of hydrogen-bond donors (Lipinski definition) is 1. The van der Waals surface area contributed by atoms with Crippen LogP contribution in [0.3, 0.4) is 0 Å². The Labute approximate surface area is 117 Å². The van der Waals surface area contributed by atoms with Crippen LogP contribution in [0.25, 0.3) is 0 Å². The molecule has 6 atom stereocenters. The van der Waals surface area contributed by atoms with Crippen molar-refractivity contribution in [3.05, 3.63) is 0 Å². The van der Waals surface area contributed by atoms with E-state index >= 15 is 0 Å². The van der Waals surface area contributed by atoms with Crippen molar-refractivity contribution < 1.29 is 14.6 Å². The molecular weight excluding hydrogens is 242 g/mol. The normalized spacial score (nSPS) is 44.7. The van der Waals surface area contributed by atoms with E-state index in [9.17, 15) is 5.11 Å². The van der Waals surface area contributed by atoms with Crippen LogP contribution in [0.15, 0.2) is 0 Å². The van der Waals surface area contributed by atoms with Crippen LogP contribution < -0.4 is 0 Å². The number of ether oxygens (including phenoxy) is 2. The average molecular weight is 271 g/mol. The zero-order chi connectivity index (χ0) is 14.0. The Bertz CT molecular complexity index is 263. The van der Waals surface area contributed by atoms with Crippen LogP contribution in [0, 0.1) is 17.8 Å². The number of likely N-dealkylation sites (tertiary alicyclic amines) is 1. The molecule has 0 amide bonds. The van der Waals surface area contributed by atoms with Crippen molar-refractivity contribution in [1.82, 2.24) is 4.90 Å². The molecule has 112 valence electrons. The summed E-state index contributed by atoms with van der Waals surface area (Å²) in [5.41, 5.74) is 0. The number of aliphatic hydroxyl groups is 1. The van der Waals surface area contributed by atoms with Gasteiger partial charge in [-0.2, -0.15) is 0 Å². The lowest BCUT2D eigenvalue weighted by atomic mass is 9.73. The third-order valence-corrected chi connectivity index (χ3v) is 5.01. The molecule has 1 aliphatic heterocycles. The first-order chi connectivity index (χ1) is 9.05. The van der Waals surface area contributed by atoms with E-state index in [1.165, 1.54) is 6.42 Å². The van der Waals surface area contributed by atoms with Gasteiger partial charge in [-0.25, -0.2) is 0 Å². The zero-order valence-corrected chi connectivity index (χ0v) is 12.7. The van der Waals surface area contributed by atoms with E-state index in [0.29, 0.717) is 17.8 Å². The molecular formula is C15H29NO3. The van der Waals surface area contributed by atoms with Crippen LogP contribution in [0.1, 0.15) is 26.7 Å². The van der Waals surface area contributed by atoms with Gasteiger partial charge in [0.2, 0.25) is 0 Å². The highest BCUT2D eigenvalue weighted by molar-refractivity contribution is 4.90. The topological polar surface area (TPSA) is 41.9 Å². The van der Waals surface area contributed by atoms with Crippen LogP contribution in [0.5, 0.6) is 0 Å². The van der Waals surface area contributed by atoms with E-state index in [4.69, 9.17) is 9.47 Å². The molecule has 1 N–H and O–H groups in total. The standard InChI is InChI=1S/C15H29NO3/c1-10-5-11(2)12(13(17)6-10)7-16-8-14(18-3)15(9-16)19-4/h10-15,17H,5-9H2,1-4H3. The van der Waals surface area contributed by atoms with Crippen molar-refractivity contribution in [1.29, 1.82) is 0 Å². The average Bonchev–Trinajstić information content (AvgIpc) is 2.76. The molecule has 19 heavy (non-hydrogen) atoms. The van der Waals surface area contributed by atoms with Gasteiger partial charge in [-0.1, -0.05) is 13.8 Å². The summed E-state index contributed by atoms with van der Waals surface area (Å²) in [5, 5.41) is 10.3. The maximum atomic E-state index is 10.3. The largest absolute Gasteiger partial charge is 0.393 e. The fraction of sp³-hybridized carbons (Fsp3) is 1.00.